The molecule has 1 aliphatic heterocycles. The van der Waals surface area contributed by atoms with Crippen LogP contribution in [-0.4, -0.2) is 21.2 Å². The molecule has 4 nitrogen and oxygen atoms in total. The molecule has 5 heteroatoms. The Morgan fingerprint density at radius 2 is 1.73 bits per heavy atom. The van der Waals surface area contributed by atoms with Crippen LogP contribution in [0.2, 0.25) is 18.1 Å². The van der Waals surface area contributed by atoms with Gasteiger partial charge in [-0.15, -0.1) is 0 Å². The molecule has 2 rings (SSSR count). The molecule has 0 saturated carbocycles. The monoisotopic (exact) mass is 326 g/mol. The lowest BCUT2D eigenvalue weighted by Gasteiger charge is -2.27. The number of hydrogen-bond donors (Lipinski definition) is 0. The summed E-state index contributed by atoms with van der Waals surface area (Å²) < 4.78 is 23.4. The van der Waals surface area contributed by atoms with E-state index >= 15 is 0 Å². The summed E-state index contributed by atoms with van der Waals surface area (Å²) in [5, 5.41) is 0. The third-order valence-electron chi connectivity index (χ3n) is 4.72. The summed E-state index contributed by atoms with van der Waals surface area (Å²) in [5.74, 6) is 1.75. The zero-order chi connectivity index (χ0) is 15.8. The zero-order valence-corrected chi connectivity index (χ0v) is 15.2. The van der Waals surface area contributed by atoms with Crippen molar-refractivity contribution in [3.8, 4) is 0 Å². The van der Waals surface area contributed by atoms with E-state index in [9.17, 15) is 0 Å². The van der Waals surface area contributed by atoms with Gasteiger partial charge in [0.15, 0.2) is 14.6 Å². The SMILES string of the molecule is CC[Si](CC)(CC)OCc1ccc(COC2CCCCO2)o1. The fraction of sp³-hybridized carbons (Fsp3) is 0.765. The molecular weight excluding hydrogens is 296 g/mol. The topological polar surface area (TPSA) is 40.8 Å². The molecule has 0 aliphatic carbocycles. The second kappa shape index (κ2) is 8.87. The molecule has 1 unspecified atom stereocenters. The molecule has 1 aliphatic rings. The fourth-order valence-electron chi connectivity index (χ4n) is 2.88. The van der Waals surface area contributed by atoms with Crippen LogP contribution in [0.1, 0.15) is 51.6 Å². The van der Waals surface area contributed by atoms with Crippen LogP contribution < -0.4 is 0 Å². The minimum atomic E-state index is -1.55. The number of ether oxygens (including phenoxy) is 2. The van der Waals surface area contributed by atoms with Crippen molar-refractivity contribution in [2.24, 2.45) is 0 Å². The highest BCUT2D eigenvalue weighted by molar-refractivity contribution is 6.73. The van der Waals surface area contributed by atoms with Gasteiger partial charge in [-0.2, -0.15) is 0 Å². The summed E-state index contributed by atoms with van der Waals surface area (Å²) in [5.41, 5.74) is 0. The van der Waals surface area contributed by atoms with Crippen molar-refractivity contribution in [3.05, 3.63) is 23.7 Å². The summed E-state index contributed by atoms with van der Waals surface area (Å²) in [7, 11) is -1.55. The van der Waals surface area contributed by atoms with Crippen molar-refractivity contribution in [2.75, 3.05) is 6.61 Å². The standard InChI is InChI=1S/C17H30O4Si/c1-4-22(5-2,6-3)20-14-16-11-10-15(21-16)13-19-17-9-7-8-12-18-17/h10-11,17H,4-9,12-14H2,1-3H3. The molecule has 0 bridgehead atoms. The Morgan fingerprint density at radius 1 is 1.05 bits per heavy atom. The smallest absolute Gasteiger partial charge is 0.192 e. The molecule has 1 saturated heterocycles. The summed E-state index contributed by atoms with van der Waals surface area (Å²) >= 11 is 0. The Labute approximate surface area is 135 Å². The normalized spacial score (nSPS) is 19.5. The van der Waals surface area contributed by atoms with Gasteiger partial charge >= 0.3 is 0 Å². The van der Waals surface area contributed by atoms with Crippen LogP contribution in [0.5, 0.6) is 0 Å². The van der Waals surface area contributed by atoms with Crippen molar-refractivity contribution < 1.29 is 18.3 Å². The van der Waals surface area contributed by atoms with E-state index in [1.165, 1.54) is 6.42 Å². The van der Waals surface area contributed by atoms with Gasteiger partial charge in [0.2, 0.25) is 0 Å². The van der Waals surface area contributed by atoms with Crippen molar-refractivity contribution in [3.63, 3.8) is 0 Å². The van der Waals surface area contributed by atoms with Crippen molar-refractivity contribution >= 4 is 8.32 Å². The molecule has 2 heterocycles. The molecule has 0 radical (unpaired) electrons. The number of furan rings is 1. The highest BCUT2D eigenvalue weighted by Crippen LogP contribution is 2.24. The first kappa shape index (κ1) is 17.7. The zero-order valence-electron chi connectivity index (χ0n) is 14.2. The molecular formula is C17H30O4Si. The summed E-state index contributed by atoms with van der Waals surface area (Å²) in [6.45, 7) is 8.59. The Morgan fingerprint density at radius 3 is 2.32 bits per heavy atom. The summed E-state index contributed by atoms with van der Waals surface area (Å²) in [6, 6.07) is 7.47. The second-order valence-corrected chi connectivity index (χ2v) is 10.8. The molecule has 0 amide bonds. The van der Waals surface area contributed by atoms with Gasteiger partial charge in [-0.3, -0.25) is 0 Å². The first-order chi connectivity index (χ1) is 10.7. The van der Waals surface area contributed by atoms with E-state index < -0.39 is 8.32 Å². The van der Waals surface area contributed by atoms with Gasteiger partial charge in [-0.05, 0) is 49.5 Å². The molecule has 0 N–H and O–H groups in total. The van der Waals surface area contributed by atoms with Crippen LogP contribution in [-0.2, 0) is 27.1 Å². The van der Waals surface area contributed by atoms with Gasteiger partial charge in [0.25, 0.3) is 0 Å². The molecule has 0 spiro atoms. The summed E-state index contributed by atoms with van der Waals surface area (Å²) in [4.78, 5) is 0. The molecule has 0 aromatic carbocycles. The molecule has 1 atom stereocenters. The van der Waals surface area contributed by atoms with E-state index in [0.29, 0.717) is 13.2 Å². The maximum absolute atomic E-state index is 6.25. The maximum atomic E-state index is 6.25. The predicted octanol–water partition coefficient (Wildman–Crippen LogP) is 4.84. The Balaban J connectivity index is 1.78. The van der Waals surface area contributed by atoms with Crippen LogP contribution in [0, 0.1) is 0 Å². The van der Waals surface area contributed by atoms with Crippen molar-refractivity contribution in [1.82, 2.24) is 0 Å². The Hall–Kier alpha value is -0.623. The fourth-order valence-corrected chi connectivity index (χ4v) is 5.44. The van der Waals surface area contributed by atoms with E-state index in [-0.39, 0.29) is 6.29 Å². The largest absolute Gasteiger partial charge is 0.461 e. The van der Waals surface area contributed by atoms with Crippen LogP contribution in [0.15, 0.2) is 16.5 Å². The van der Waals surface area contributed by atoms with Crippen molar-refractivity contribution in [1.29, 1.82) is 0 Å². The third kappa shape index (κ3) is 4.95. The van der Waals surface area contributed by atoms with E-state index in [4.69, 9.17) is 18.3 Å². The van der Waals surface area contributed by atoms with Crippen LogP contribution in [0.25, 0.3) is 0 Å². The lowest BCUT2D eigenvalue weighted by atomic mass is 10.2. The van der Waals surface area contributed by atoms with Crippen LogP contribution >= 0.6 is 0 Å². The summed E-state index contributed by atoms with van der Waals surface area (Å²) in [6.07, 6.45) is 3.23. The lowest BCUT2D eigenvalue weighted by molar-refractivity contribution is -0.171. The quantitative estimate of drug-likeness (QED) is 0.609. The maximum Gasteiger partial charge on any atom is 0.192 e. The van der Waals surface area contributed by atoms with E-state index in [1.807, 2.05) is 12.1 Å². The number of hydrogen-bond acceptors (Lipinski definition) is 4. The van der Waals surface area contributed by atoms with Crippen LogP contribution in [0.3, 0.4) is 0 Å². The molecule has 1 aromatic rings. The second-order valence-electron chi connectivity index (χ2n) is 6.01. The van der Waals surface area contributed by atoms with Gasteiger partial charge in [0.05, 0.1) is 6.61 Å². The van der Waals surface area contributed by atoms with Gasteiger partial charge in [0, 0.05) is 6.61 Å². The first-order valence-corrected chi connectivity index (χ1v) is 11.2. The van der Waals surface area contributed by atoms with Gasteiger partial charge < -0.3 is 18.3 Å². The average molecular weight is 327 g/mol. The number of rotatable bonds is 9. The van der Waals surface area contributed by atoms with Gasteiger partial charge in [-0.25, -0.2) is 0 Å². The van der Waals surface area contributed by atoms with Gasteiger partial charge in [0.1, 0.15) is 18.1 Å². The molecule has 1 aromatic heterocycles. The highest BCUT2D eigenvalue weighted by atomic mass is 28.4. The Kier molecular flexibility index (Phi) is 7.14. The van der Waals surface area contributed by atoms with E-state index in [1.54, 1.807) is 0 Å². The van der Waals surface area contributed by atoms with Gasteiger partial charge in [-0.1, -0.05) is 20.8 Å². The first-order valence-electron chi connectivity index (χ1n) is 8.66. The molecule has 126 valence electrons. The van der Waals surface area contributed by atoms with Crippen LogP contribution in [0.4, 0.5) is 0 Å². The molecule has 1 fully saturated rings. The minimum Gasteiger partial charge on any atom is -0.461 e. The average Bonchev–Trinajstić information content (AvgIpc) is 3.04. The van der Waals surface area contributed by atoms with E-state index in [0.717, 1.165) is 49.1 Å². The minimum absolute atomic E-state index is 0.0705. The molecule has 22 heavy (non-hydrogen) atoms. The van der Waals surface area contributed by atoms with Crippen molar-refractivity contribution in [2.45, 2.75) is 77.7 Å². The van der Waals surface area contributed by atoms with E-state index in [2.05, 4.69) is 20.8 Å². The Bertz CT molecular complexity index is 414. The highest BCUT2D eigenvalue weighted by Gasteiger charge is 2.29. The predicted molar refractivity (Wildman–Crippen MR) is 89.1 cm³/mol. The lowest BCUT2D eigenvalue weighted by Crippen LogP contribution is -2.35. The third-order valence-corrected chi connectivity index (χ3v) is 9.34.